The highest BCUT2D eigenvalue weighted by Crippen LogP contribution is 2.29. The second-order valence-electron chi connectivity index (χ2n) is 8.40. The monoisotopic (exact) mass is 461 g/mol. The number of anilines is 1. The first-order valence-corrected chi connectivity index (χ1v) is 12.1. The summed E-state index contributed by atoms with van der Waals surface area (Å²) in [6, 6.07) is 14.4. The molecule has 1 saturated heterocycles. The van der Waals surface area contributed by atoms with E-state index in [-0.39, 0.29) is 11.9 Å². The van der Waals surface area contributed by atoms with Crippen LogP contribution in [-0.2, 0) is 11.3 Å². The summed E-state index contributed by atoms with van der Waals surface area (Å²) in [6.07, 6.45) is 1.74. The van der Waals surface area contributed by atoms with Crippen LogP contribution in [0.1, 0.15) is 35.8 Å². The minimum absolute atomic E-state index is 0.124. The number of thiophene rings is 1. The normalized spacial score (nSPS) is 14.2. The molecule has 0 spiro atoms. The molecule has 3 aromatic heterocycles. The Morgan fingerprint density at radius 3 is 2.67 bits per heavy atom. The van der Waals surface area contributed by atoms with Gasteiger partial charge in [0.2, 0.25) is 0 Å². The van der Waals surface area contributed by atoms with Gasteiger partial charge in [0.25, 0.3) is 5.91 Å². The van der Waals surface area contributed by atoms with Gasteiger partial charge in [0.15, 0.2) is 5.65 Å². The summed E-state index contributed by atoms with van der Waals surface area (Å²) < 4.78 is 7.30. The summed E-state index contributed by atoms with van der Waals surface area (Å²) in [4.78, 5) is 21.4. The van der Waals surface area contributed by atoms with E-state index >= 15 is 0 Å². The maximum Gasteiger partial charge on any atom is 0.252 e. The lowest BCUT2D eigenvalue weighted by Crippen LogP contribution is -2.36. The number of nitrogens with zero attached hydrogens (tertiary/aromatic N) is 4. The van der Waals surface area contributed by atoms with Crippen molar-refractivity contribution in [3.63, 3.8) is 0 Å². The number of hydrogen-bond donors (Lipinski definition) is 1. The SMILES string of the molecule is CC(C)n1ncc2c(C(=O)NCc3ccc(N4CCOCC4)cc3)cc(-c3cccs3)nc21. The smallest absolute Gasteiger partial charge is 0.252 e. The maximum absolute atomic E-state index is 13.3. The van der Waals surface area contributed by atoms with Crippen LogP contribution in [0.4, 0.5) is 5.69 Å². The molecular formula is C25H27N5O2S. The Labute approximate surface area is 197 Å². The number of morpholine rings is 1. The first-order valence-electron chi connectivity index (χ1n) is 11.2. The fraction of sp³-hybridized carbons (Fsp3) is 0.320. The molecule has 1 aliphatic heterocycles. The number of fused-ring (bicyclic) bond motifs is 1. The van der Waals surface area contributed by atoms with Gasteiger partial charge in [-0.3, -0.25) is 4.79 Å². The van der Waals surface area contributed by atoms with Crippen LogP contribution in [0.2, 0.25) is 0 Å². The van der Waals surface area contributed by atoms with Gasteiger partial charge in [-0.15, -0.1) is 11.3 Å². The van der Waals surface area contributed by atoms with Gasteiger partial charge in [0.05, 0.1) is 40.9 Å². The number of pyridine rings is 1. The number of benzene rings is 1. The third kappa shape index (κ3) is 4.49. The van der Waals surface area contributed by atoms with Crippen molar-refractivity contribution in [3.05, 3.63) is 65.2 Å². The Hall–Kier alpha value is -3.23. The van der Waals surface area contributed by atoms with Crippen LogP contribution in [0.25, 0.3) is 21.6 Å². The minimum Gasteiger partial charge on any atom is -0.378 e. The number of nitrogens with one attached hydrogen (secondary N) is 1. The lowest BCUT2D eigenvalue weighted by molar-refractivity contribution is 0.0952. The van der Waals surface area contributed by atoms with E-state index in [4.69, 9.17) is 9.72 Å². The quantitative estimate of drug-likeness (QED) is 0.458. The first-order chi connectivity index (χ1) is 16.1. The first kappa shape index (κ1) is 21.6. The van der Waals surface area contributed by atoms with Gasteiger partial charge in [-0.2, -0.15) is 5.10 Å². The Morgan fingerprint density at radius 2 is 1.97 bits per heavy atom. The van der Waals surface area contributed by atoms with Crippen molar-refractivity contribution in [2.24, 2.45) is 0 Å². The Morgan fingerprint density at radius 1 is 1.18 bits per heavy atom. The number of carbonyl (C=O) groups is 1. The van der Waals surface area contributed by atoms with Crippen molar-refractivity contribution in [2.75, 3.05) is 31.2 Å². The zero-order chi connectivity index (χ0) is 22.8. The third-order valence-corrected chi connectivity index (χ3v) is 6.73. The Balaban J connectivity index is 1.38. The molecule has 0 atom stereocenters. The third-order valence-electron chi connectivity index (χ3n) is 5.84. The molecule has 170 valence electrons. The second kappa shape index (κ2) is 9.33. The van der Waals surface area contributed by atoms with Gasteiger partial charge < -0.3 is 15.0 Å². The molecule has 33 heavy (non-hydrogen) atoms. The van der Waals surface area contributed by atoms with Gasteiger partial charge in [-0.25, -0.2) is 9.67 Å². The van der Waals surface area contributed by atoms with Crippen molar-refractivity contribution < 1.29 is 9.53 Å². The Kier molecular flexibility index (Phi) is 6.11. The van der Waals surface area contributed by atoms with E-state index in [9.17, 15) is 4.79 Å². The number of carbonyl (C=O) groups excluding carboxylic acids is 1. The van der Waals surface area contributed by atoms with Crippen LogP contribution in [0, 0.1) is 0 Å². The van der Waals surface area contributed by atoms with Crippen molar-refractivity contribution in [1.29, 1.82) is 0 Å². The molecule has 0 saturated carbocycles. The second-order valence-corrected chi connectivity index (χ2v) is 9.35. The molecule has 0 bridgehead atoms. The van der Waals surface area contributed by atoms with E-state index in [1.807, 2.05) is 28.3 Å². The summed E-state index contributed by atoms with van der Waals surface area (Å²) in [7, 11) is 0. The van der Waals surface area contributed by atoms with E-state index in [1.165, 1.54) is 5.69 Å². The van der Waals surface area contributed by atoms with Crippen molar-refractivity contribution >= 4 is 34.0 Å². The van der Waals surface area contributed by atoms with Crippen LogP contribution in [0.15, 0.2) is 54.0 Å². The van der Waals surface area contributed by atoms with Crippen LogP contribution >= 0.6 is 11.3 Å². The molecule has 1 N–H and O–H groups in total. The Bertz CT molecular complexity index is 1240. The molecule has 0 aliphatic carbocycles. The molecule has 8 heteroatoms. The highest BCUT2D eigenvalue weighted by atomic mass is 32.1. The minimum atomic E-state index is -0.124. The number of amides is 1. The summed E-state index contributed by atoms with van der Waals surface area (Å²) in [5.41, 5.74) is 4.36. The number of ether oxygens (including phenoxy) is 1. The average Bonchev–Trinajstić information content (AvgIpc) is 3.53. The number of rotatable bonds is 6. The van der Waals surface area contributed by atoms with Crippen LogP contribution in [0.3, 0.4) is 0 Å². The summed E-state index contributed by atoms with van der Waals surface area (Å²) in [5.74, 6) is -0.124. The standard InChI is InChI=1S/C25H27N5O2S/c1-17(2)30-24-21(16-27-30)20(14-22(28-24)23-4-3-13-33-23)25(31)26-15-18-5-7-19(8-6-18)29-9-11-32-12-10-29/h3-8,13-14,16-17H,9-12,15H2,1-2H3,(H,26,31). The maximum atomic E-state index is 13.3. The molecule has 1 aliphatic rings. The van der Waals surface area contributed by atoms with E-state index < -0.39 is 0 Å². The van der Waals surface area contributed by atoms with Crippen molar-refractivity contribution in [1.82, 2.24) is 20.1 Å². The van der Waals surface area contributed by atoms with E-state index in [0.717, 1.165) is 53.5 Å². The summed E-state index contributed by atoms with van der Waals surface area (Å²) in [5, 5.41) is 10.4. The highest BCUT2D eigenvalue weighted by molar-refractivity contribution is 7.13. The van der Waals surface area contributed by atoms with Crippen LogP contribution < -0.4 is 10.2 Å². The fourth-order valence-electron chi connectivity index (χ4n) is 4.06. The van der Waals surface area contributed by atoms with Crippen LogP contribution in [0.5, 0.6) is 0 Å². The molecule has 1 fully saturated rings. The van der Waals surface area contributed by atoms with Gasteiger partial charge in [0.1, 0.15) is 0 Å². The van der Waals surface area contributed by atoms with E-state index in [0.29, 0.717) is 12.1 Å². The molecule has 4 heterocycles. The average molecular weight is 462 g/mol. The zero-order valence-electron chi connectivity index (χ0n) is 18.8. The van der Waals surface area contributed by atoms with Crippen LogP contribution in [-0.4, -0.2) is 47.0 Å². The number of aromatic nitrogens is 3. The molecule has 0 radical (unpaired) electrons. The fourth-order valence-corrected chi connectivity index (χ4v) is 4.74. The van der Waals surface area contributed by atoms with Gasteiger partial charge in [-0.05, 0) is 49.1 Å². The van der Waals surface area contributed by atoms with Gasteiger partial charge >= 0.3 is 0 Å². The topological polar surface area (TPSA) is 72.3 Å². The predicted molar refractivity (Wildman–Crippen MR) is 132 cm³/mol. The highest BCUT2D eigenvalue weighted by Gasteiger charge is 2.19. The lowest BCUT2D eigenvalue weighted by Gasteiger charge is -2.28. The summed E-state index contributed by atoms with van der Waals surface area (Å²) >= 11 is 1.61. The number of hydrogen-bond acceptors (Lipinski definition) is 6. The molecule has 1 amide bonds. The predicted octanol–water partition coefficient (Wildman–Crippen LogP) is 4.51. The van der Waals surface area contributed by atoms with Gasteiger partial charge in [0, 0.05) is 31.4 Å². The van der Waals surface area contributed by atoms with Crippen molar-refractivity contribution in [3.8, 4) is 10.6 Å². The summed E-state index contributed by atoms with van der Waals surface area (Å²) in [6.45, 7) is 7.92. The zero-order valence-corrected chi connectivity index (χ0v) is 19.6. The molecule has 1 aromatic carbocycles. The largest absolute Gasteiger partial charge is 0.378 e. The van der Waals surface area contributed by atoms with Crippen molar-refractivity contribution in [2.45, 2.75) is 26.4 Å². The molecular weight excluding hydrogens is 434 g/mol. The molecule has 0 unspecified atom stereocenters. The van der Waals surface area contributed by atoms with E-state index in [2.05, 4.69) is 53.4 Å². The lowest BCUT2D eigenvalue weighted by atomic mass is 10.1. The van der Waals surface area contributed by atoms with E-state index in [1.54, 1.807) is 17.5 Å². The molecule has 5 rings (SSSR count). The molecule has 4 aromatic rings. The molecule has 7 nitrogen and oxygen atoms in total. The van der Waals surface area contributed by atoms with Gasteiger partial charge in [-0.1, -0.05) is 18.2 Å².